The molecule has 0 atom stereocenters. The fraction of sp³-hybridized carbons (Fsp3) is 0.318. The Balaban J connectivity index is 1.23. The number of benzene rings is 2. The molecule has 2 aromatic carbocycles. The molecule has 2 aromatic heterocycles. The highest BCUT2D eigenvalue weighted by Gasteiger charge is 2.22. The first-order chi connectivity index (χ1) is 15.2. The van der Waals surface area contributed by atoms with Gasteiger partial charge >= 0.3 is 0 Å². The Hall–Kier alpha value is -3.17. The maximum atomic E-state index is 5.52. The molecule has 0 spiro atoms. The molecule has 1 saturated heterocycles. The lowest BCUT2D eigenvalue weighted by molar-refractivity contribution is 0.215. The van der Waals surface area contributed by atoms with Crippen LogP contribution >= 0.6 is 11.3 Å². The van der Waals surface area contributed by atoms with Crippen LogP contribution in [-0.2, 0) is 6.54 Å². The Bertz CT molecular complexity index is 1150. The second kappa shape index (κ2) is 8.52. The molecule has 3 heterocycles. The van der Waals surface area contributed by atoms with E-state index < -0.39 is 0 Å². The number of thiazole rings is 1. The Labute approximate surface area is 184 Å². The first-order valence-corrected chi connectivity index (χ1v) is 10.9. The van der Waals surface area contributed by atoms with Gasteiger partial charge in [0.05, 0.1) is 36.5 Å². The molecule has 9 heteroatoms. The van der Waals surface area contributed by atoms with Crippen LogP contribution in [0.15, 0.2) is 47.0 Å². The van der Waals surface area contributed by atoms with Crippen molar-refractivity contribution in [2.75, 3.05) is 45.3 Å². The van der Waals surface area contributed by atoms with E-state index in [0.717, 1.165) is 48.1 Å². The van der Waals surface area contributed by atoms with Gasteiger partial charge in [-0.1, -0.05) is 28.6 Å². The number of rotatable bonds is 6. The van der Waals surface area contributed by atoms with Crippen molar-refractivity contribution >= 4 is 26.7 Å². The van der Waals surface area contributed by atoms with E-state index in [2.05, 4.69) is 38.1 Å². The highest BCUT2D eigenvalue weighted by atomic mass is 32.1. The van der Waals surface area contributed by atoms with Crippen molar-refractivity contribution in [1.82, 2.24) is 20.0 Å². The fourth-order valence-electron chi connectivity index (χ4n) is 3.70. The van der Waals surface area contributed by atoms with Crippen LogP contribution < -0.4 is 14.4 Å². The zero-order valence-corrected chi connectivity index (χ0v) is 18.3. The van der Waals surface area contributed by atoms with Gasteiger partial charge in [0.2, 0.25) is 11.7 Å². The summed E-state index contributed by atoms with van der Waals surface area (Å²) in [5.41, 5.74) is 1.84. The average molecular weight is 438 g/mol. The Morgan fingerprint density at radius 1 is 1.00 bits per heavy atom. The lowest BCUT2D eigenvalue weighted by Gasteiger charge is -2.33. The zero-order valence-electron chi connectivity index (χ0n) is 17.4. The number of para-hydroxylation sites is 1. The zero-order chi connectivity index (χ0) is 21.2. The number of ether oxygens (including phenoxy) is 2. The Morgan fingerprint density at radius 2 is 1.84 bits per heavy atom. The monoisotopic (exact) mass is 437 g/mol. The molecule has 0 saturated carbocycles. The molecule has 0 N–H and O–H groups in total. The SMILES string of the molecule is COc1ccc(-c2noc(CN3CCN(c4nc5ccccc5s4)CC3)n2)c(OC)c1. The van der Waals surface area contributed by atoms with E-state index in [0.29, 0.717) is 24.0 Å². The molecule has 5 rings (SSSR count). The van der Waals surface area contributed by atoms with Gasteiger partial charge in [-0.25, -0.2) is 4.98 Å². The first-order valence-electron chi connectivity index (χ1n) is 10.1. The molecule has 8 nitrogen and oxygen atoms in total. The molecular formula is C22H23N5O3S. The van der Waals surface area contributed by atoms with E-state index in [1.165, 1.54) is 4.70 Å². The van der Waals surface area contributed by atoms with Crippen molar-refractivity contribution in [1.29, 1.82) is 0 Å². The van der Waals surface area contributed by atoms with Crippen LogP contribution in [0.4, 0.5) is 5.13 Å². The predicted molar refractivity (Wildman–Crippen MR) is 120 cm³/mol. The molecule has 1 aliphatic rings. The summed E-state index contributed by atoms with van der Waals surface area (Å²) in [6, 6.07) is 13.8. The quantitative estimate of drug-likeness (QED) is 0.452. The van der Waals surface area contributed by atoms with Gasteiger partial charge < -0.3 is 18.9 Å². The molecular weight excluding hydrogens is 414 g/mol. The molecule has 0 radical (unpaired) electrons. The third-order valence-corrected chi connectivity index (χ3v) is 6.50. The van der Waals surface area contributed by atoms with E-state index in [4.69, 9.17) is 19.0 Å². The normalized spacial score (nSPS) is 14.8. The van der Waals surface area contributed by atoms with Gasteiger partial charge in [0.1, 0.15) is 11.5 Å². The number of anilines is 1. The highest BCUT2D eigenvalue weighted by molar-refractivity contribution is 7.22. The number of fused-ring (bicyclic) bond motifs is 1. The summed E-state index contributed by atoms with van der Waals surface area (Å²) in [6.07, 6.45) is 0. The van der Waals surface area contributed by atoms with Gasteiger partial charge in [0, 0.05) is 32.2 Å². The van der Waals surface area contributed by atoms with Gasteiger partial charge in [-0.15, -0.1) is 0 Å². The van der Waals surface area contributed by atoms with Crippen molar-refractivity contribution < 1.29 is 14.0 Å². The van der Waals surface area contributed by atoms with Crippen LogP contribution in [0.2, 0.25) is 0 Å². The average Bonchev–Trinajstić information content (AvgIpc) is 3.46. The number of hydrogen-bond acceptors (Lipinski definition) is 9. The summed E-state index contributed by atoms with van der Waals surface area (Å²) >= 11 is 1.75. The molecule has 0 unspecified atom stereocenters. The van der Waals surface area contributed by atoms with E-state index in [1.807, 2.05) is 24.3 Å². The summed E-state index contributed by atoms with van der Waals surface area (Å²) in [6.45, 7) is 4.30. The minimum absolute atomic E-state index is 0.516. The Kier molecular flexibility index (Phi) is 5.44. The van der Waals surface area contributed by atoms with Crippen LogP contribution in [0.3, 0.4) is 0 Å². The predicted octanol–water partition coefficient (Wildman–Crippen LogP) is 3.69. The summed E-state index contributed by atoms with van der Waals surface area (Å²) in [5.74, 6) is 2.48. The van der Waals surface area contributed by atoms with Crippen molar-refractivity contribution in [2.45, 2.75) is 6.54 Å². The third-order valence-electron chi connectivity index (χ3n) is 5.40. The van der Waals surface area contributed by atoms with Crippen LogP contribution in [0.25, 0.3) is 21.6 Å². The highest BCUT2D eigenvalue weighted by Crippen LogP contribution is 2.32. The molecule has 1 fully saturated rings. The molecule has 1 aliphatic heterocycles. The van der Waals surface area contributed by atoms with Crippen molar-refractivity contribution in [3.05, 3.63) is 48.4 Å². The van der Waals surface area contributed by atoms with E-state index in [9.17, 15) is 0 Å². The number of hydrogen-bond donors (Lipinski definition) is 0. The molecule has 0 aliphatic carbocycles. The van der Waals surface area contributed by atoms with E-state index in [1.54, 1.807) is 25.6 Å². The topological polar surface area (TPSA) is 76.8 Å². The van der Waals surface area contributed by atoms with Crippen molar-refractivity contribution in [2.24, 2.45) is 0 Å². The van der Waals surface area contributed by atoms with Gasteiger partial charge in [-0.2, -0.15) is 4.98 Å². The summed E-state index contributed by atoms with van der Waals surface area (Å²) in [5, 5.41) is 5.24. The standard InChI is InChI=1S/C22H23N5O3S/c1-28-15-7-8-16(18(13-15)29-2)21-24-20(30-25-21)14-26-9-11-27(12-10-26)22-23-17-5-3-4-6-19(17)31-22/h3-8,13H,9-12,14H2,1-2H3. The number of piperazine rings is 1. The second-order valence-electron chi connectivity index (χ2n) is 7.31. The van der Waals surface area contributed by atoms with Crippen LogP contribution in [0, 0.1) is 0 Å². The van der Waals surface area contributed by atoms with E-state index in [-0.39, 0.29) is 0 Å². The maximum Gasteiger partial charge on any atom is 0.241 e. The fourth-order valence-corrected chi connectivity index (χ4v) is 4.71. The molecule has 0 amide bonds. The molecule has 31 heavy (non-hydrogen) atoms. The van der Waals surface area contributed by atoms with Crippen LogP contribution in [0.1, 0.15) is 5.89 Å². The minimum Gasteiger partial charge on any atom is -0.497 e. The minimum atomic E-state index is 0.516. The molecule has 4 aromatic rings. The third kappa shape index (κ3) is 4.06. The lowest BCUT2D eigenvalue weighted by Crippen LogP contribution is -2.46. The smallest absolute Gasteiger partial charge is 0.241 e. The first kappa shape index (κ1) is 19.8. The number of nitrogens with zero attached hydrogens (tertiary/aromatic N) is 5. The Morgan fingerprint density at radius 3 is 2.61 bits per heavy atom. The molecule has 0 bridgehead atoms. The maximum absolute atomic E-state index is 5.52. The van der Waals surface area contributed by atoms with Crippen molar-refractivity contribution in [3.63, 3.8) is 0 Å². The molecule has 160 valence electrons. The van der Waals surface area contributed by atoms with Gasteiger partial charge in [0.25, 0.3) is 0 Å². The van der Waals surface area contributed by atoms with Gasteiger partial charge in [0.15, 0.2) is 5.13 Å². The van der Waals surface area contributed by atoms with Crippen LogP contribution in [-0.4, -0.2) is 60.4 Å². The number of methoxy groups -OCH3 is 2. The number of aromatic nitrogens is 3. The van der Waals surface area contributed by atoms with Gasteiger partial charge in [-0.3, -0.25) is 4.90 Å². The second-order valence-corrected chi connectivity index (χ2v) is 8.31. The van der Waals surface area contributed by atoms with Crippen molar-refractivity contribution in [3.8, 4) is 22.9 Å². The largest absolute Gasteiger partial charge is 0.497 e. The van der Waals surface area contributed by atoms with E-state index >= 15 is 0 Å². The lowest BCUT2D eigenvalue weighted by atomic mass is 10.2. The van der Waals surface area contributed by atoms with Crippen LogP contribution in [0.5, 0.6) is 11.5 Å². The van der Waals surface area contributed by atoms with Gasteiger partial charge in [-0.05, 0) is 24.3 Å². The summed E-state index contributed by atoms with van der Waals surface area (Å²) < 4.78 is 17.5. The summed E-state index contributed by atoms with van der Waals surface area (Å²) in [4.78, 5) is 14.0. The summed E-state index contributed by atoms with van der Waals surface area (Å²) in [7, 11) is 3.24.